The summed E-state index contributed by atoms with van der Waals surface area (Å²) in [5.74, 6) is 0.179. The number of hydrogen-bond acceptors (Lipinski definition) is 3. The summed E-state index contributed by atoms with van der Waals surface area (Å²) in [6.45, 7) is 10.5. The number of imidazole rings is 1. The molecule has 1 aromatic heterocycles. The minimum absolute atomic E-state index is 0.179. The van der Waals surface area contributed by atoms with E-state index in [-0.39, 0.29) is 11.3 Å². The molecule has 6 nitrogen and oxygen atoms in total. The highest BCUT2D eigenvalue weighted by Gasteiger charge is 2.44. The van der Waals surface area contributed by atoms with E-state index in [1.54, 1.807) is 0 Å². The van der Waals surface area contributed by atoms with Crippen molar-refractivity contribution in [3.63, 3.8) is 0 Å². The second-order valence-electron chi connectivity index (χ2n) is 8.64. The van der Waals surface area contributed by atoms with Crippen molar-refractivity contribution in [2.24, 2.45) is 5.41 Å². The summed E-state index contributed by atoms with van der Waals surface area (Å²) in [5, 5.41) is 3.14. The minimum Gasteiger partial charge on any atom is -0.329 e. The monoisotopic (exact) mass is 411 g/mol. The zero-order chi connectivity index (χ0) is 21.3. The van der Waals surface area contributed by atoms with Gasteiger partial charge in [0.2, 0.25) is 5.91 Å². The van der Waals surface area contributed by atoms with Crippen LogP contribution in [0.15, 0.2) is 61.1 Å². The first-order chi connectivity index (χ1) is 15.1. The quantitative estimate of drug-likeness (QED) is 0.653. The molecule has 3 heterocycles. The van der Waals surface area contributed by atoms with Gasteiger partial charge in [-0.25, -0.2) is 9.83 Å². The summed E-state index contributed by atoms with van der Waals surface area (Å²) in [6.07, 6.45) is 6.39. The lowest BCUT2D eigenvalue weighted by atomic mass is 9.71. The number of rotatable bonds is 4. The van der Waals surface area contributed by atoms with E-state index in [1.807, 2.05) is 48.9 Å². The predicted octanol–water partition coefficient (Wildman–Crippen LogP) is 4.26. The largest absolute Gasteiger partial charge is 0.329 e. The molecule has 0 radical (unpaired) electrons. The summed E-state index contributed by atoms with van der Waals surface area (Å²) in [7, 11) is 0. The van der Waals surface area contributed by atoms with Gasteiger partial charge in [-0.15, -0.1) is 0 Å². The summed E-state index contributed by atoms with van der Waals surface area (Å²) < 4.78 is 2.17. The fourth-order valence-corrected chi connectivity index (χ4v) is 4.76. The van der Waals surface area contributed by atoms with Crippen LogP contribution in [0.3, 0.4) is 0 Å². The lowest BCUT2D eigenvalue weighted by Gasteiger charge is -2.43. The number of piperidine rings is 1. The molecule has 2 aliphatic rings. The van der Waals surface area contributed by atoms with Crippen LogP contribution in [0.1, 0.15) is 29.7 Å². The number of benzene rings is 2. The van der Waals surface area contributed by atoms with E-state index in [4.69, 9.17) is 6.57 Å². The van der Waals surface area contributed by atoms with E-state index >= 15 is 0 Å². The first-order valence-corrected chi connectivity index (χ1v) is 10.7. The van der Waals surface area contributed by atoms with Crippen molar-refractivity contribution in [2.75, 3.05) is 18.4 Å². The van der Waals surface area contributed by atoms with Gasteiger partial charge in [-0.2, -0.15) is 0 Å². The van der Waals surface area contributed by atoms with E-state index in [2.05, 4.69) is 36.7 Å². The van der Waals surface area contributed by atoms with E-state index in [9.17, 15) is 4.79 Å². The molecular weight excluding hydrogens is 386 g/mol. The first kappa shape index (κ1) is 19.5. The Bertz CT molecular complexity index is 1130. The lowest BCUT2D eigenvalue weighted by molar-refractivity contribution is -0.129. The molecule has 0 aliphatic carbocycles. The van der Waals surface area contributed by atoms with Gasteiger partial charge in [0, 0.05) is 25.0 Å². The predicted molar refractivity (Wildman–Crippen MR) is 120 cm³/mol. The molecule has 3 aromatic rings. The van der Waals surface area contributed by atoms with Crippen LogP contribution in [0, 0.1) is 12.0 Å². The maximum atomic E-state index is 12.9. The average molecular weight is 412 g/mol. The molecule has 31 heavy (non-hydrogen) atoms. The topological polar surface area (TPSA) is 54.5 Å². The van der Waals surface area contributed by atoms with Crippen LogP contribution in [-0.2, 0) is 24.3 Å². The Hall–Kier alpha value is -3.43. The molecule has 1 fully saturated rings. The van der Waals surface area contributed by atoms with Crippen LogP contribution in [0.5, 0.6) is 0 Å². The van der Waals surface area contributed by atoms with Gasteiger partial charge in [-0.1, -0.05) is 42.5 Å². The summed E-state index contributed by atoms with van der Waals surface area (Å²) >= 11 is 0. The highest BCUT2D eigenvalue weighted by Crippen LogP contribution is 2.41. The molecule has 5 rings (SSSR count). The third kappa shape index (κ3) is 3.85. The van der Waals surface area contributed by atoms with Crippen molar-refractivity contribution < 1.29 is 4.79 Å². The Morgan fingerprint density at radius 3 is 2.61 bits per heavy atom. The molecule has 2 aromatic carbocycles. The fraction of sp³-hybridized carbons (Fsp3) is 0.320. The standard InChI is InChI=1S/C25H25N5O/c1-26-21-8-6-19(7-9-21)16-30-18-27-15-22(30)17-29-12-10-25(11-13-29)14-20-4-2-3-5-23(20)28-24(25)31/h2-9,15,18H,10-14,16-17H2,(H,28,31). The van der Waals surface area contributed by atoms with Crippen molar-refractivity contribution in [3.05, 3.63) is 89.3 Å². The molecule has 1 N–H and O–H groups in total. The maximum Gasteiger partial charge on any atom is 0.231 e. The number of amides is 1. The van der Waals surface area contributed by atoms with E-state index in [0.29, 0.717) is 5.69 Å². The zero-order valence-corrected chi connectivity index (χ0v) is 17.4. The molecule has 1 saturated heterocycles. The Morgan fingerprint density at radius 1 is 1.06 bits per heavy atom. The molecule has 0 unspecified atom stereocenters. The Balaban J connectivity index is 1.23. The Kier molecular flexibility index (Phi) is 5.05. The minimum atomic E-state index is -0.282. The summed E-state index contributed by atoms with van der Waals surface area (Å²) in [6, 6.07) is 15.9. The van der Waals surface area contributed by atoms with Gasteiger partial charge in [-0.05, 0) is 49.5 Å². The lowest BCUT2D eigenvalue weighted by Crippen LogP contribution is -2.49. The van der Waals surface area contributed by atoms with Gasteiger partial charge in [0.05, 0.1) is 24.0 Å². The normalized spacial score (nSPS) is 17.7. The average Bonchev–Trinajstić information content (AvgIpc) is 3.23. The highest BCUT2D eigenvalue weighted by atomic mass is 16.2. The maximum absolute atomic E-state index is 12.9. The second-order valence-corrected chi connectivity index (χ2v) is 8.64. The number of nitrogens with zero attached hydrogens (tertiary/aromatic N) is 4. The molecular formula is C25H25N5O. The zero-order valence-electron chi connectivity index (χ0n) is 17.4. The molecule has 0 bridgehead atoms. The Morgan fingerprint density at radius 2 is 1.84 bits per heavy atom. The van der Waals surface area contributed by atoms with Crippen molar-refractivity contribution >= 4 is 17.3 Å². The van der Waals surface area contributed by atoms with Crippen LogP contribution < -0.4 is 5.32 Å². The van der Waals surface area contributed by atoms with Crippen LogP contribution in [0.2, 0.25) is 0 Å². The molecule has 6 heteroatoms. The number of para-hydroxylation sites is 1. The van der Waals surface area contributed by atoms with Gasteiger partial charge >= 0.3 is 0 Å². The first-order valence-electron chi connectivity index (χ1n) is 10.7. The third-order valence-electron chi connectivity index (χ3n) is 6.69. The molecule has 0 saturated carbocycles. The summed E-state index contributed by atoms with van der Waals surface area (Å²) in [4.78, 5) is 23.1. The fourth-order valence-electron chi connectivity index (χ4n) is 4.76. The van der Waals surface area contributed by atoms with Crippen LogP contribution in [0.25, 0.3) is 4.85 Å². The molecule has 156 valence electrons. The number of fused-ring (bicyclic) bond motifs is 1. The van der Waals surface area contributed by atoms with Gasteiger partial charge in [0.25, 0.3) is 0 Å². The summed E-state index contributed by atoms with van der Waals surface area (Å²) in [5.41, 5.74) is 4.92. The van der Waals surface area contributed by atoms with Gasteiger partial charge in [0.15, 0.2) is 5.69 Å². The van der Waals surface area contributed by atoms with Crippen LogP contribution in [0.4, 0.5) is 11.4 Å². The number of nitrogens with one attached hydrogen (secondary N) is 1. The molecule has 1 spiro atoms. The van der Waals surface area contributed by atoms with Gasteiger partial charge in [-0.3, -0.25) is 9.69 Å². The highest BCUT2D eigenvalue weighted by molar-refractivity contribution is 5.98. The van der Waals surface area contributed by atoms with Crippen molar-refractivity contribution in [1.29, 1.82) is 0 Å². The molecule has 1 amide bonds. The molecule has 2 aliphatic heterocycles. The number of anilines is 1. The number of carbonyl (C=O) groups excluding carboxylic acids is 1. The SMILES string of the molecule is [C-]#[N+]c1ccc(Cn2cncc2CN2CCC3(CC2)Cc2ccccc2NC3=O)cc1. The van der Waals surface area contributed by atoms with Gasteiger partial charge < -0.3 is 9.88 Å². The van der Waals surface area contributed by atoms with Crippen LogP contribution in [-0.4, -0.2) is 33.4 Å². The third-order valence-corrected chi connectivity index (χ3v) is 6.69. The second kappa shape index (κ2) is 8.01. The van der Waals surface area contributed by atoms with Gasteiger partial charge in [0.1, 0.15) is 0 Å². The van der Waals surface area contributed by atoms with E-state index in [1.165, 1.54) is 11.3 Å². The Labute approximate surface area is 182 Å². The van der Waals surface area contributed by atoms with Crippen molar-refractivity contribution in [3.8, 4) is 0 Å². The number of aromatic nitrogens is 2. The number of hydrogen-bond donors (Lipinski definition) is 1. The van der Waals surface area contributed by atoms with Crippen LogP contribution >= 0.6 is 0 Å². The number of carbonyl (C=O) groups is 1. The van der Waals surface area contributed by atoms with Crippen molar-refractivity contribution in [1.82, 2.24) is 14.5 Å². The smallest absolute Gasteiger partial charge is 0.231 e. The number of likely N-dealkylation sites (tertiary alicyclic amines) is 1. The van der Waals surface area contributed by atoms with E-state index < -0.39 is 0 Å². The van der Waals surface area contributed by atoms with Crippen molar-refractivity contribution in [2.45, 2.75) is 32.4 Å². The molecule has 0 atom stereocenters. The van der Waals surface area contributed by atoms with E-state index in [0.717, 1.165) is 56.7 Å².